The summed E-state index contributed by atoms with van der Waals surface area (Å²) < 4.78 is 12.8. The van der Waals surface area contributed by atoms with Crippen molar-refractivity contribution in [2.24, 2.45) is 0 Å². The van der Waals surface area contributed by atoms with E-state index in [-0.39, 0.29) is 21.7 Å². The van der Waals surface area contributed by atoms with Gasteiger partial charge in [-0.2, -0.15) is 0 Å². The fourth-order valence-electron chi connectivity index (χ4n) is 1.64. The highest BCUT2D eigenvalue weighted by atomic mass is 32.1. The van der Waals surface area contributed by atoms with Crippen LogP contribution in [-0.2, 0) is 0 Å². The summed E-state index contributed by atoms with van der Waals surface area (Å²) in [5.74, 6) is -0.342. The van der Waals surface area contributed by atoms with Crippen molar-refractivity contribution in [1.29, 1.82) is 0 Å². The van der Waals surface area contributed by atoms with Crippen LogP contribution in [0.2, 0.25) is 0 Å². The number of benzene rings is 2. The van der Waals surface area contributed by atoms with Crippen LogP contribution in [0, 0.1) is 15.9 Å². The second-order valence-electron chi connectivity index (χ2n) is 4.47. The number of nitrogens with zero attached hydrogens (tertiary/aromatic N) is 1. The fraction of sp³-hybridized carbons (Fsp3) is 0. The number of hydrazine groups is 1. The van der Waals surface area contributed by atoms with Crippen LogP contribution in [0.25, 0.3) is 0 Å². The second-order valence-corrected chi connectivity index (χ2v) is 5.29. The van der Waals surface area contributed by atoms with Gasteiger partial charge in [0.05, 0.1) is 4.92 Å². The van der Waals surface area contributed by atoms with Gasteiger partial charge in [-0.1, -0.05) is 0 Å². The molecule has 0 radical (unpaired) electrons. The Kier molecular flexibility index (Phi) is 5.93. The number of nitro groups is 1. The van der Waals surface area contributed by atoms with Gasteiger partial charge in [0.15, 0.2) is 10.2 Å². The molecule has 2 rings (SSSR count). The topological polar surface area (TPSA) is 91.3 Å². The molecule has 0 fully saturated rings. The van der Waals surface area contributed by atoms with Crippen LogP contribution in [0.4, 0.5) is 21.5 Å². The molecule has 0 spiro atoms. The first-order valence-corrected chi connectivity index (χ1v) is 7.40. The van der Waals surface area contributed by atoms with E-state index in [0.717, 1.165) is 0 Å². The molecule has 2 aromatic rings. The first-order chi connectivity index (χ1) is 11.4. The number of non-ortho nitro benzene ring substituents is 1. The van der Waals surface area contributed by atoms with Crippen molar-refractivity contribution in [2.75, 3.05) is 10.6 Å². The number of nitro benzene ring substituents is 1. The molecule has 0 aromatic heterocycles. The summed E-state index contributed by atoms with van der Waals surface area (Å²) >= 11 is 10.1. The first-order valence-electron chi connectivity index (χ1n) is 6.58. The van der Waals surface area contributed by atoms with E-state index >= 15 is 0 Å². The van der Waals surface area contributed by atoms with Crippen molar-refractivity contribution < 1.29 is 9.31 Å². The molecule has 0 saturated carbocycles. The van der Waals surface area contributed by atoms with Crippen LogP contribution in [0.1, 0.15) is 0 Å². The van der Waals surface area contributed by atoms with E-state index in [2.05, 4.69) is 21.5 Å². The van der Waals surface area contributed by atoms with Gasteiger partial charge >= 0.3 is 0 Å². The molecule has 0 heterocycles. The zero-order chi connectivity index (χ0) is 17.5. The Bertz CT molecular complexity index is 753. The van der Waals surface area contributed by atoms with Crippen LogP contribution >= 0.6 is 24.4 Å². The highest BCUT2D eigenvalue weighted by Crippen LogP contribution is 2.15. The molecule has 4 N–H and O–H groups in total. The summed E-state index contributed by atoms with van der Waals surface area (Å²) in [6.45, 7) is 0. The number of anilines is 2. The van der Waals surface area contributed by atoms with E-state index in [1.807, 2.05) is 0 Å². The Labute approximate surface area is 147 Å². The zero-order valence-corrected chi connectivity index (χ0v) is 13.7. The normalized spacial score (nSPS) is 9.71. The predicted octanol–water partition coefficient (Wildman–Crippen LogP) is 2.92. The van der Waals surface area contributed by atoms with E-state index < -0.39 is 4.92 Å². The van der Waals surface area contributed by atoms with Crippen molar-refractivity contribution in [3.63, 3.8) is 0 Å². The number of rotatable bonds is 3. The number of nitrogens with one attached hydrogen (secondary N) is 4. The highest BCUT2D eigenvalue weighted by Gasteiger charge is 2.05. The third-order valence-electron chi connectivity index (χ3n) is 2.73. The Balaban J connectivity index is 1.78. The summed E-state index contributed by atoms with van der Waals surface area (Å²) in [5, 5.41) is 16.7. The van der Waals surface area contributed by atoms with Gasteiger partial charge < -0.3 is 10.6 Å². The minimum atomic E-state index is -0.485. The summed E-state index contributed by atoms with van der Waals surface area (Å²) in [7, 11) is 0. The first kappa shape index (κ1) is 17.5. The summed E-state index contributed by atoms with van der Waals surface area (Å²) in [4.78, 5) is 10.1. The van der Waals surface area contributed by atoms with Crippen LogP contribution in [0.15, 0.2) is 48.5 Å². The Morgan fingerprint density at radius 2 is 1.29 bits per heavy atom. The van der Waals surface area contributed by atoms with Gasteiger partial charge in [-0.3, -0.25) is 21.0 Å². The smallest absolute Gasteiger partial charge is 0.269 e. The van der Waals surface area contributed by atoms with Crippen molar-refractivity contribution in [1.82, 2.24) is 10.9 Å². The fourth-order valence-corrected chi connectivity index (χ4v) is 1.98. The van der Waals surface area contributed by atoms with Crippen molar-refractivity contribution >= 4 is 51.7 Å². The van der Waals surface area contributed by atoms with Gasteiger partial charge in [-0.15, -0.1) is 0 Å². The Morgan fingerprint density at radius 3 is 1.71 bits per heavy atom. The van der Waals surface area contributed by atoms with Crippen LogP contribution in [-0.4, -0.2) is 15.1 Å². The van der Waals surface area contributed by atoms with Crippen LogP contribution in [0.5, 0.6) is 0 Å². The van der Waals surface area contributed by atoms with Crippen molar-refractivity contribution in [3.05, 3.63) is 64.5 Å². The largest absolute Gasteiger partial charge is 0.331 e. The minimum absolute atomic E-state index is 0.0118. The maximum Gasteiger partial charge on any atom is 0.269 e. The van der Waals surface area contributed by atoms with Crippen molar-refractivity contribution in [3.8, 4) is 0 Å². The maximum absolute atomic E-state index is 12.8. The molecule has 0 aliphatic rings. The van der Waals surface area contributed by atoms with Crippen LogP contribution in [0.3, 0.4) is 0 Å². The van der Waals surface area contributed by atoms with Crippen LogP contribution < -0.4 is 21.5 Å². The number of halogens is 1. The molecule has 0 aliphatic heterocycles. The lowest BCUT2D eigenvalue weighted by Gasteiger charge is -2.14. The van der Waals surface area contributed by atoms with E-state index in [9.17, 15) is 14.5 Å². The molecule has 0 amide bonds. The number of hydrogen-bond donors (Lipinski definition) is 4. The highest BCUT2D eigenvalue weighted by molar-refractivity contribution is 7.81. The maximum atomic E-state index is 12.8. The van der Waals surface area contributed by atoms with E-state index in [1.165, 1.54) is 48.5 Å². The lowest BCUT2D eigenvalue weighted by atomic mass is 10.3. The van der Waals surface area contributed by atoms with Crippen molar-refractivity contribution in [2.45, 2.75) is 0 Å². The van der Waals surface area contributed by atoms with Gasteiger partial charge in [0.2, 0.25) is 0 Å². The molecular formula is C14H12FN5O2S2. The van der Waals surface area contributed by atoms with Gasteiger partial charge in [0.1, 0.15) is 5.82 Å². The zero-order valence-electron chi connectivity index (χ0n) is 12.1. The van der Waals surface area contributed by atoms with Gasteiger partial charge in [0.25, 0.3) is 5.69 Å². The second kappa shape index (κ2) is 8.13. The summed E-state index contributed by atoms with van der Waals surface area (Å²) in [6, 6.07) is 11.5. The average molecular weight is 365 g/mol. The van der Waals surface area contributed by atoms with Gasteiger partial charge in [-0.25, -0.2) is 4.39 Å². The third kappa shape index (κ3) is 5.41. The molecule has 10 heteroatoms. The van der Waals surface area contributed by atoms with Gasteiger partial charge in [0, 0.05) is 23.5 Å². The Morgan fingerprint density at radius 1 is 0.875 bits per heavy atom. The number of thiocarbonyl (C=S) groups is 2. The van der Waals surface area contributed by atoms with E-state index in [1.54, 1.807) is 0 Å². The SMILES string of the molecule is O=[N+]([O-])c1ccc(NC(=S)NNC(=S)Nc2ccc(F)cc2)cc1. The molecule has 0 bridgehead atoms. The lowest BCUT2D eigenvalue weighted by molar-refractivity contribution is -0.384. The monoisotopic (exact) mass is 365 g/mol. The lowest BCUT2D eigenvalue weighted by Crippen LogP contribution is -2.45. The number of hydrogen-bond acceptors (Lipinski definition) is 4. The molecular weight excluding hydrogens is 353 g/mol. The molecule has 7 nitrogen and oxygen atoms in total. The van der Waals surface area contributed by atoms with E-state index in [4.69, 9.17) is 24.4 Å². The molecule has 0 atom stereocenters. The summed E-state index contributed by atoms with van der Waals surface area (Å²) in [6.07, 6.45) is 0. The predicted molar refractivity (Wildman–Crippen MR) is 98.2 cm³/mol. The Hall–Kier alpha value is -2.85. The molecule has 0 saturated heterocycles. The van der Waals surface area contributed by atoms with E-state index in [0.29, 0.717) is 11.4 Å². The standard InChI is InChI=1S/C14H12FN5O2S2/c15-9-1-3-10(4-2-9)16-13(23)18-19-14(24)17-11-5-7-12(8-6-11)20(21)22/h1-8H,(H2,16,18,23)(H2,17,19,24). The molecule has 24 heavy (non-hydrogen) atoms. The third-order valence-corrected chi connectivity index (χ3v) is 3.14. The quantitative estimate of drug-likeness (QED) is 0.375. The minimum Gasteiger partial charge on any atom is -0.331 e. The molecule has 2 aromatic carbocycles. The molecule has 0 unspecified atom stereocenters. The molecule has 124 valence electrons. The summed E-state index contributed by atoms with van der Waals surface area (Å²) in [5.41, 5.74) is 6.50. The molecule has 0 aliphatic carbocycles. The average Bonchev–Trinajstić information content (AvgIpc) is 2.55. The van der Waals surface area contributed by atoms with Gasteiger partial charge in [-0.05, 0) is 60.8 Å².